The zero-order valence-electron chi connectivity index (χ0n) is 78.8. The van der Waals surface area contributed by atoms with Gasteiger partial charge in [0.05, 0.1) is 59.0 Å². The van der Waals surface area contributed by atoms with Gasteiger partial charge in [-0.1, -0.05) is 76.2 Å². The summed E-state index contributed by atoms with van der Waals surface area (Å²) in [4.78, 5) is 243. The van der Waals surface area contributed by atoms with Gasteiger partial charge in [-0.15, -0.1) is 0 Å². The molecule has 0 aromatic heterocycles. The standard InChI is InChI=1S/C18H32N4O7.2C16H29N3O6.C15H27N3O6.C14H25N3O6/c1-10(2)15(25)22-13(7-6-8-19-18(28)29-11(3)4)17(27)21-12(5)16(26)20-9-14(23)24;1-15(2,3)14(24)18-7-11(20)19-10(9-25-16(4,5)6)13(23)17-8-12(21)22;1-9(2)13(20)19-12(14(21)18-11(5)15(22)23)7-6-8-17-16(24)25-10(3)4;1-9(2)13(21)18-11(14(22)17-8-12(19)20)6-5-7-16-15(23)24-10(3)4;1-8(2)13(21)15-5-11(18)17-10(7-23-9(3)4)14(22)16-6-12(19)20/h10-13H,6-9H2,1-5H3,(H,19,28)(H,20,26)(H,21,27)(H,22,25)(H,23,24);10H,7-9H2,1-6H3,(H,17,23)(H,18,24)(H,19,20)(H,21,22);9-12H,6-8H2,1-5H3,(H,17,24)(H,18,21)(H,19,20)(H,22,23);9-11H,5-8H2,1-4H3,(H,16,23)(H,17,22)(H,18,21)(H,19,20);8-10H,5-7H2,1-4H3,(H,15,21)(H,16,22)(H,17,18)(H,19,20)/t12-,13-;10-;11-,12-;11-;10-/m01001/s1/i;7D2;;;. The van der Waals surface area contributed by atoms with Gasteiger partial charge >= 0.3 is 48.1 Å². The lowest BCUT2D eigenvalue weighted by molar-refractivity contribution is -0.142. The van der Waals surface area contributed by atoms with Crippen LogP contribution in [0.2, 0.25) is 0 Å². The van der Waals surface area contributed by atoms with Gasteiger partial charge in [-0.2, -0.15) is 0 Å². The van der Waals surface area contributed by atoms with Crippen LogP contribution in [-0.4, -0.2) is 295 Å². The van der Waals surface area contributed by atoms with Crippen molar-refractivity contribution in [3.05, 3.63) is 0 Å². The first kappa shape index (κ1) is 118. The average molecular weight is 1810 g/mol. The lowest BCUT2D eigenvalue weighted by Crippen LogP contribution is -2.53. The van der Waals surface area contributed by atoms with Crippen molar-refractivity contribution in [1.82, 2.24) is 85.1 Å². The number of rotatable bonds is 50. The van der Waals surface area contributed by atoms with E-state index in [0.29, 0.717) is 19.3 Å². The van der Waals surface area contributed by atoms with Gasteiger partial charge in [0.1, 0.15) is 68.5 Å². The maximum Gasteiger partial charge on any atom is 0.407 e. The van der Waals surface area contributed by atoms with Crippen LogP contribution in [0.4, 0.5) is 14.4 Å². The van der Waals surface area contributed by atoms with Crippen molar-refractivity contribution in [2.75, 3.05) is 72.1 Å². The van der Waals surface area contributed by atoms with Crippen molar-refractivity contribution in [2.45, 2.75) is 277 Å². The third kappa shape index (κ3) is 70.6. The summed E-state index contributed by atoms with van der Waals surface area (Å²) in [6.07, 6.45) is -0.646. The summed E-state index contributed by atoms with van der Waals surface area (Å²) in [5.41, 5.74) is -1.59. The second-order valence-electron chi connectivity index (χ2n) is 32.1. The average Bonchev–Trinajstić information content (AvgIpc) is 0.833. The van der Waals surface area contributed by atoms with E-state index in [1.54, 1.807) is 152 Å². The van der Waals surface area contributed by atoms with Crippen LogP contribution >= 0.6 is 0 Å². The maximum atomic E-state index is 12.5. The second kappa shape index (κ2) is 66.7. The van der Waals surface area contributed by atoms with Gasteiger partial charge in [-0.05, 0) is 129 Å². The number of amides is 16. The van der Waals surface area contributed by atoms with Crippen molar-refractivity contribution in [3.8, 4) is 0 Å². The fourth-order valence-corrected chi connectivity index (χ4v) is 8.11. The van der Waals surface area contributed by atoms with E-state index >= 15 is 0 Å². The Morgan fingerprint density at radius 2 is 0.595 bits per heavy atom. The van der Waals surface area contributed by atoms with Crippen molar-refractivity contribution in [1.29, 1.82) is 0 Å². The Balaban J connectivity index is -0.000000494. The highest BCUT2D eigenvalue weighted by atomic mass is 16.6. The molecule has 0 rings (SSSR count). The number of nitrogens with one attached hydrogen (secondary N) is 16. The maximum absolute atomic E-state index is 12.5. The fraction of sp³-hybridized carbons (Fsp3) is 0.734. The molecule has 0 unspecified atom stereocenters. The first-order valence-corrected chi connectivity index (χ1v) is 40.7. The van der Waals surface area contributed by atoms with E-state index in [1.165, 1.54) is 13.8 Å². The molecule has 0 saturated heterocycles. The molecule has 0 heterocycles. The molecule has 47 heteroatoms. The molecule has 0 aromatic carbocycles. The smallest absolute Gasteiger partial charge is 0.407 e. The molecule has 21 N–H and O–H groups in total. The normalized spacial score (nSPS) is 12.8. The highest BCUT2D eigenvalue weighted by molar-refractivity contribution is 5.96. The van der Waals surface area contributed by atoms with Crippen molar-refractivity contribution >= 4 is 125 Å². The minimum absolute atomic E-state index is 0.104. The molecule has 16 amide bonds. The molecule has 47 nitrogen and oxygen atoms in total. The topological polar surface area (TPSA) is 698 Å². The van der Waals surface area contributed by atoms with Crippen LogP contribution in [0.1, 0.15) is 207 Å². The van der Waals surface area contributed by atoms with E-state index in [2.05, 4.69) is 79.8 Å². The van der Waals surface area contributed by atoms with Gasteiger partial charge in [0, 0.05) is 48.7 Å². The second-order valence-corrected chi connectivity index (χ2v) is 32.1. The number of aliphatic carboxylic acids is 5. The van der Waals surface area contributed by atoms with Crippen LogP contribution in [0, 0.1) is 29.1 Å². The molecule has 0 spiro atoms. The highest BCUT2D eigenvalue weighted by Gasteiger charge is 2.31. The van der Waals surface area contributed by atoms with Crippen LogP contribution in [0.15, 0.2) is 0 Å². The van der Waals surface area contributed by atoms with Gasteiger partial charge in [0.15, 0.2) is 0 Å². The summed E-state index contributed by atoms with van der Waals surface area (Å²) in [6.45, 7) is 34.8. The summed E-state index contributed by atoms with van der Waals surface area (Å²) >= 11 is 0. The van der Waals surface area contributed by atoms with Crippen LogP contribution in [0.5, 0.6) is 0 Å². The zero-order valence-corrected chi connectivity index (χ0v) is 76.8. The molecular weight excluding hydrogens is 1670 g/mol. The van der Waals surface area contributed by atoms with Crippen molar-refractivity contribution in [2.24, 2.45) is 29.1 Å². The highest BCUT2D eigenvalue weighted by Crippen LogP contribution is 2.13. The number of carboxylic acid groups (broad SMARTS) is 5. The number of hydrogen-bond acceptors (Lipinski definition) is 26. The molecule has 0 aliphatic carbocycles. The predicted octanol–water partition coefficient (Wildman–Crippen LogP) is -0.860. The Bertz CT molecular complexity index is 3590. The molecule has 0 fully saturated rings. The van der Waals surface area contributed by atoms with Crippen LogP contribution in [-0.2, 0) is 110 Å². The van der Waals surface area contributed by atoms with Crippen LogP contribution in [0.3, 0.4) is 0 Å². The minimum atomic E-state index is -2.78. The number of carbonyl (C=O) groups excluding carboxylic acids is 16. The lowest BCUT2D eigenvalue weighted by atomic mass is 9.96. The molecule has 0 bridgehead atoms. The number of ether oxygens (including phenoxy) is 5. The molecular formula is C79H142N16O31. The molecule has 0 saturated carbocycles. The van der Waals surface area contributed by atoms with E-state index in [9.17, 15) is 101 Å². The largest absolute Gasteiger partial charge is 0.480 e. The van der Waals surface area contributed by atoms with Crippen LogP contribution < -0.4 is 85.1 Å². The monoisotopic (exact) mass is 1810 g/mol. The fourth-order valence-electron chi connectivity index (χ4n) is 8.11. The number of alkyl carbamates (subject to hydrolysis) is 3. The van der Waals surface area contributed by atoms with Gasteiger partial charge in [-0.3, -0.25) is 86.3 Å². The third-order valence-electron chi connectivity index (χ3n) is 14.9. The van der Waals surface area contributed by atoms with E-state index in [1.807, 2.05) is 5.32 Å². The molecule has 724 valence electrons. The van der Waals surface area contributed by atoms with Crippen molar-refractivity contribution in [3.63, 3.8) is 0 Å². The Hall–Kier alpha value is -11.8. The Kier molecular flexibility index (Phi) is 62.6. The van der Waals surface area contributed by atoms with E-state index in [-0.39, 0.29) is 130 Å². The van der Waals surface area contributed by atoms with E-state index in [0.717, 1.165) is 0 Å². The summed E-state index contributed by atoms with van der Waals surface area (Å²) in [5, 5.41) is 81.1. The Morgan fingerprint density at radius 1 is 0.302 bits per heavy atom. The Labute approximate surface area is 738 Å². The minimum Gasteiger partial charge on any atom is -0.480 e. The number of hydrogen-bond donors (Lipinski definition) is 21. The van der Waals surface area contributed by atoms with Gasteiger partial charge in [0.25, 0.3) is 0 Å². The summed E-state index contributed by atoms with van der Waals surface area (Å²) in [7, 11) is 0. The predicted molar refractivity (Wildman–Crippen MR) is 453 cm³/mol. The summed E-state index contributed by atoms with van der Waals surface area (Å²) in [5.74, 6) is -14.9. The third-order valence-corrected chi connectivity index (χ3v) is 14.9. The molecule has 0 aromatic rings. The van der Waals surface area contributed by atoms with E-state index < -0.39 is 187 Å². The number of carboxylic acids is 5. The quantitative estimate of drug-likeness (QED) is 0.0260. The molecule has 0 aliphatic heterocycles. The van der Waals surface area contributed by atoms with Crippen molar-refractivity contribution < 1.29 is 153 Å². The molecule has 7 atom stereocenters. The Morgan fingerprint density at radius 3 is 0.889 bits per heavy atom. The molecule has 0 aliphatic rings. The van der Waals surface area contributed by atoms with Gasteiger partial charge in [0.2, 0.25) is 76.8 Å². The first-order valence-electron chi connectivity index (χ1n) is 41.7. The summed E-state index contributed by atoms with van der Waals surface area (Å²) in [6, 6.07) is -7.09. The summed E-state index contributed by atoms with van der Waals surface area (Å²) < 4.78 is 41.0. The lowest BCUT2D eigenvalue weighted by Gasteiger charge is -2.25. The molecule has 126 heavy (non-hydrogen) atoms. The van der Waals surface area contributed by atoms with Gasteiger partial charge < -0.3 is 134 Å². The zero-order chi connectivity index (χ0) is 100. The SMILES string of the molecule is CC(C)OC(=O)NCCC[C@H](NC(=O)C(C)C)C(=O)NCC(=O)O.CC(C)OC(=O)NCCC[C@H](NC(=O)C(C)C)C(=O)N[C@@H](C)C(=O)NCC(=O)O.CC(C)OC(=O)NCCC[C@H](NC(=O)C(C)C)C(=O)N[C@@H](C)C(=O)O.CC(C)OC[C@@H](NC(=O)CNC(=O)C(C)C)C(=O)NCC(=O)O.[2H]C([2H])(NC(=O)C(C)(C)C)C(=O)N[C@H](COC(C)(C)C)C(=O)NCC(=O)O. The molecule has 0 radical (unpaired) electrons. The number of carbonyl (C=O) groups is 21. The first-order chi connectivity index (χ1) is 58.7. The van der Waals surface area contributed by atoms with Crippen LogP contribution in [0.25, 0.3) is 0 Å². The van der Waals surface area contributed by atoms with E-state index in [4.69, 9.17) is 52.0 Å². The van der Waals surface area contributed by atoms with Gasteiger partial charge in [-0.25, -0.2) is 14.4 Å².